The fraction of sp³-hybridized carbons (Fsp3) is 0.533. The van der Waals surface area contributed by atoms with E-state index in [1.54, 1.807) is 22.7 Å². The molecule has 1 fully saturated rings. The molecule has 5 heteroatoms. The Hall–Kier alpha value is -0.420. The van der Waals surface area contributed by atoms with Crippen LogP contribution < -0.4 is 5.32 Å². The first-order valence-corrected chi connectivity index (χ1v) is 8.97. The summed E-state index contributed by atoms with van der Waals surface area (Å²) in [5, 5.41) is 4.82. The predicted octanol–water partition coefficient (Wildman–Crippen LogP) is 4.76. The van der Waals surface area contributed by atoms with E-state index in [0.29, 0.717) is 12.0 Å². The SMILES string of the molecule is Cc1nc(C)c(CNC(C)[C@@H]2C[C@H]2c2ccc(Cl)s2)s1. The minimum Gasteiger partial charge on any atom is -0.309 e. The van der Waals surface area contributed by atoms with E-state index in [-0.39, 0.29) is 0 Å². The Morgan fingerprint density at radius 1 is 1.40 bits per heavy atom. The van der Waals surface area contributed by atoms with Crippen molar-refractivity contribution < 1.29 is 0 Å². The van der Waals surface area contributed by atoms with Gasteiger partial charge in [-0.3, -0.25) is 0 Å². The number of aromatic nitrogens is 1. The standard InChI is InChI=1S/C15H19ClN2S2/c1-8(17-7-14-9(2)18-10(3)19-14)11-6-12(11)13-4-5-15(16)20-13/h4-5,8,11-12,17H,6-7H2,1-3H3/t8?,11-,12+/m0/s1. The number of nitrogens with one attached hydrogen (secondary N) is 1. The highest BCUT2D eigenvalue weighted by Gasteiger charge is 2.42. The molecule has 2 aromatic heterocycles. The molecule has 0 bridgehead atoms. The van der Waals surface area contributed by atoms with Crippen molar-refractivity contribution in [1.82, 2.24) is 10.3 Å². The number of thiazole rings is 1. The van der Waals surface area contributed by atoms with E-state index in [9.17, 15) is 0 Å². The lowest BCUT2D eigenvalue weighted by Gasteiger charge is -2.13. The summed E-state index contributed by atoms with van der Waals surface area (Å²) in [4.78, 5) is 7.29. The Labute approximate surface area is 133 Å². The van der Waals surface area contributed by atoms with Gasteiger partial charge < -0.3 is 5.32 Å². The summed E-state index contributed by atoms with van der Waals surface area (Å²) in [5.41, 5.74) is 1.17. The number of halogens is 1. The van der Waals surface area contributed by atoms with E-state index < -0.39 is 0 Å². The molecule has 1 N–H and O–H groups in total. The molecule has 0 spiro atoms. The molecule has 0 aromatic carbocycles. The summed E-state index contributed by atoms with van der Waals surface area (Å²) in [5.74, 6) is 1.46. The van der Waals surface area contributed by atoms with Crippen molar-refractivity contribution in [3.05, 3.63) is 36.9 Å². The lowest BCUT2D eigenvalue weighted by molar-refractivity contribution is 0.490. The molecule has 1 aliphatic carbocycles. The zero-order valence-electron chi connectivity index (χ0n) is 11.9. The van der Waals surface area contributed by atoms with E-state index in [4.69, 9.17) is 11.6 Å². The van der Waals surface area contributed by atoms with Crippen LogP contribution in [-0.4, -0.2) is 11.0 Å². The third kappa shape index (κ3) is 3.08. The van der Waals surface area contributed by atoms with Gasteiger partial charge in [0.25, 0.3) is 0 Å². The van der Waals surface area contributed by atoms with Crippen LogP contribution in [0.3, 0.4) is 0 Å². The van der Waals surface area contributed by atoms with Crippen LogP contribution in [0.25, 0.3) is 0 Å². The zero-order chi connectivity index (χ0) is 14.3. The third-order valence-corrected chi connectivity index (χ3v) is 6.46. The van der Waals surface area contributed by atoms with Crippen molar-refractivity contribution in [3.8, 4) is 0 Å². The summed E-state index contributed by atoms with van der Waals surface area (Å²) < 4.78 is 0.905. The highest BCUT2D eigenvalue weighted by molar-refractivity contribution is 7.16. The fourth-order valence-corrected chi connectivity index (χ4v) is 4.90. The molecule has 0 aliphatic heterocycles. The number of thiophene rings is 1. The van der Waals surface area contributed by atoms with E-state index in [0.717, 1.165) is 21.8 Å². The first kappa shape index (κ1) is 14.5. The second kappa shape index (κ2) is 5.76. The molecule has 1 unspecified atom stereocenters. The smallest absolute Gasteiger partial charge is 0.0931 e. The molecule has 20 heavy (non-hydrogen) atoms. The van der Waals surface area contributed by atoms with Crippen LogP contribution in [0.2, 0.25) is 4.34 Å². The second-order valence-corrected chi connectivity index (χ2v) is 8.59. The Bertz CT molecular complexity index is 605. The Kier molecular flexibility index (Phi) is 4.18. The summed E-state index contributed by atoms with van der Waals surface area (Å²) in [7, 11) is 0. The molecule has 1 aliphatic rings. The number of hydrogen-bond acceptors (Lipinski definition) is 4. The summed E-state index contributed by atoms with van der Waals surface area (Å²) in [6.45, 7) is 7.40. The Morgan fingerprint density at radius 2 is 2.20 bits per heavy atom. The maximum Gasteiger partial charge on any atom is 0.0931 e. The predicted molar refractivity (Wildman–Crippen MR) is 88.1 cm³/mol. The van der Waals surface area contributed by atoms with Gasteiger partial charge >= 0.3 is 0 Å². The van der Waals surface area contributed by atoms with Crippen LogP contribution in [0.4, 0.5) is 0 Å². The van der Waals surface area contributed by atoms with E-state index in [2.05, 4.69) is 37.1 Å². The molecule has 0 saturated heterocycles. The minimum absolute atomic E-state index is 0.544. The van der Waals surface area contributed by atoms with Gasteiger partial charge in [-0.05, 0) is 51.2 Å². The Balaban J connectivity index is 1.53. The maximum absolute atomic E-state index is 6.02. The highest BCUT2D eigenvalue weighted by atomic mass is 35.5. The molecule has 2 nitrogen and oxygen atoms in total. The topological polar surface area (TPSA) is 24.9 Å². The maximum atomic E-state index is 6.02. The molecule has 0 radical (unpaired) electrons. The lowest BCUT2D eigenvalue weighted by Crippen LogP contribution is -2.27. The van der Waals surface area contributed by atoms with Gasteiger partial charge in [-0.2, -0.15) is 0 Å². The third-order valence-electron chi connectivity index (χ3n) is 4.03. The molecule has 3 rings (SSSR count). The molecule has 0 amide bonds. The van der Waals surface area contributed by atoms with Gasteiger partial charge in [0.2, 0.25) is 0 Å². The summed E-state index contributed by atoms with van der Waals surface area (Å²) in [6, 6.07) is 4.74. The minimum atomic E-state index is 0.544. The van der Waals surface area contributed by atoms with Crippen LogP contribution in [0.5, 0.6) is 0 Å². The van der Waals surface area contributed by atoms with Crippen LogP contribution in [-0.2, 0) is 6.54 Å². The number of aryl methyl sites for hydroxylation is 2. The highest BCUT2D eigenvalue weighted by Crippen LogP contribution is 2.51. The van der Waals surface area contributed by atoms with Gasteiger partial charge in [0.05, 0.1) is 15.0 Å². The van der Waals surface area contributed by atoms with Crippen LogP contribution >= 0.6 is 34.3 Å². The molecule has 3 atom stereocenters. The van der Waals surface area contributed by atoms with Gasteiger partial charge in [-0.15, -0.1) is 22.7 Å². The van der Waals surface area contributed by atoms with Crippen molar-refractivity contribution >= 4 is 34.3 Å². The first-order valence-electron chi connectivity index (χ1n) is 6.96. The van der Waals surface area contributed by atoms with Crippen molar-refractivity contribution in [3.63, 3.8) is 0 Å². The molecule has 108 valence electrons. The molecule has 1 saturated carbocycles. The number of nitrogens with zero attached hydrogens (tertiary/aromatic N) is 1. The molecular formula is C15H19ClN2S2. The molecule has 2 heterocycles. The average Bonchev–Trinajstić information content (AvgIpc) is 2.98. The summed E-state index contributed by atoms with van der Waals surface area (Å²) in [6.07, 6.45) is 1.28. The molecular weight excluding hydrogens is 308 g/mol. The van der Waals surface area contributed by atoms with Crippen molar-refractivity contribution in [2.45, 2.75) is 45.7 Å². The van der Waals surface area contributed by atoms with Gasteiger partial charge in [0, 0.05) is 22.3 Å². The number of rotatable bonds is 5. The average molecular weight is 327 g/mol. The van der Waals surface area contributed by atoms with E-state index >= 15 is 0 Å². The van der Waals surface area contributed by atoms with Crippen LogP contribution in [0.1, 0.15) is 39.7 Å². The van der Waals surface area contributed by atoms with Crippen molar-refractivity contribution in [2.75, 3.05) is 0 Å². The quantitative estimate of drug-likeness (QED) is 0.857. The monoisotopic (exact) mass is 326 g/mol. The number of hydrogen-bond donors (Lipinski definition) is 1. The van der Waals surface area contributed by atoms with E-state index in [1.165, 1.54) is 21.9 Å². The van der Waals surface area contributed by atoms with Crippen molar-refractivity contribution in [1.29, 1.82) is 0 Å². The van der Waals surface area contributed by atoms with Gasteiger partial charge in [-0.25, -0.2) is 4.98 Å². The van der Waals surface area contributed by atoms with Gasteiger partial charge in [0.1, 0.15) is 0 Å². The summed E-state index contributed by atoms with van der Waals surface area (Å²) >= 11 is 9.55. The molecule has 2 aromatic rings. The van der Waals surface area contributed by atoms with Crippen LogP contribution in [0, 0.1) is 19.8 Å². The fourth-order valence-electron chi connectivity index (χ4n) is 2.76. The van der Waals surface area contributed by atoms with Gasteiger partial charge in [-0.1, -0.05) is 11.6 Å². The second-order valence-electron chi connectivity index (χ2n) is 5.56. The largest absolute Gasteiger partial charge is 0.309 e. The van der Waals surface area contributed by atoms with Crippen molar-refractivity contribution in [2.24, 2.45) is 5.92 Å². The zero-order valence-corrected chi connectivity index (χ0v) is 14.3. The normalized spacial score (nSPS) is 23.0. The first-order chi connectivity index (χ1) is 9.54. The van der Waals surface area contributed by atoms with Gasteiger partial charge in [0.15, 0.2) is 0 Å². The Morgan fingerprint density at radius 3 is 2.80 bits per heavy atom. The van der Waals surface area contributed by atoms with Crippen LogP contribution in [0.15, 0.2) is 12.1 Å². The lowest BCUT2D eigenvalue weighted by atomic mass is 10.1. The van der Waals surface area contributed by atoms with E-state index in [1.807, 2.05) is 6.07 Å².